The van der Waals surface area contributed by atoms with Gasteiger partial charge in [0.05, 0.1) is 11.5 Å². The van der Waals surface area contributed by atoms with Gasteiger partial charge in [-0.3, -0.25) is 15.0 Å². The van der Waals surface area contributed by atoms with E-state index < -0.39 is 4.92 Å². The van der Waals surface area contributed by atoms with Crippen LogP contribution in [0.25, 0.3) is 0 Å². The number of pyridine rings is 1. The monoisotopic (exact) mass is 328 g/mol. The van der Waals surface area contributed by atoms with Crippen molar-refractivity contribution in [2.45, 2.75) is 25.6 Å². The van der Waals surface area contributed by atoms with E-state index in [4.69, 9.17) is 5.11 Å². The summed E-state index contributed by atoms with van der Waals surface area (Å²) in [4.78, 5) is 16.6. The van der Waals surface area contributed by atoms with Crippen LogP contribution >= 0.6 is 0 Å². The lowest BCUT2D eigenvalue weighted by molar-refractivity contribution is -0.385. The lowest BCUT2D eigenvalue weighted by Crippen LogP contribution is -2.26. The molecule has 0 spiro atoms. The molecule has 1 saturated heterocycles. The number of anilines is 1. The van der Waals surface area contributed by atoms with Gasteiger partial charge in [0, 0.05) is 31.7 Å². The number of hydrogen-bond acceptors (Lipinski definition) is 6. The van der Waals surface area contributed by atoms with Gasteiger partial charge in [-0.1, -0.05) is 24.3 Å². The molecule has 1 aromatic heterocycles. The molecule has 0 radical (unpaired) electrons. The summed E-state index contributed by atoms with van der Waals surface area (Å²) in [5.41, 5.74) is 2.14. The van der Waals surface area contributed by atoms with Crippen molar-refractivity contribution in [1.29, 1.82) is 0 Å². The van der Waals surface area contributed by atoms with Crippen LogP contribution in [0, 0.1) is 10.1 Å². The van der Waals surface area contributed by atoms with Crippen LogP contribution < -0.4 is 5.32 Å². The summed E-state index contributed by atoms with van der Waals surface area (Å²) < 4.78 is 0. The molecule has 1 atom stereocenters. The fraction of sp³-hybridized carbons (Fsp3) is 0.353. The molecule has 1 aromatic carbocycles. The molecule has 7 heteroatoms. The van der Waals surface area contributed by atoms with Crippen molar-refractivity contribution in [2.75, 3.05) is 18.4 Å². The maximum Gasteiger partial charge on any atom is 0.287 e. The lowest BCUT2D eigenvalue weighted by atomic mass is 10.1. The maximum atomic E-state index is 10.6. The Bertz CT molecular complexity index is 688. The zero-order valence-corrected chi connectivity index (χ0v) is 13.3. The van der Waals surface area contributed by atoms with Gasteiger partial charge < -0.3 is 10.4 Å². The van der Waals surface area contributed by atoms with Gasteiger partial charge in [0.1, 0.15) is 12.0 Å². The summed E-state index contributed by atoms with van der Waals surface area (Å²) in [6.45, 7) is 2.84. The molecule has 0 amide bonds. The average molecular weight is 328 g/mol. The summed E-state index contributed by atoms with van der Waals surface area (Å²) in [7, 11) is 0. The Kier molecular flexibility index (Phi) is 5.02. The van der Waals surface area contributed by atoms with E-state index >= 15 is 0 Å². The predicted molar refractivity (Wildman–Crippen MR) is 90.6 cm³/mol. The van der Waals surface area contributed by atoms with E-state index in [1.807, 2.05) is 24.3 Å². The second kappa shape index (κ2) is 7.37. The zero-order chi connectivity index (χ0) is 16.9. The molecule has 1 fully saturated rings. The molecule has 1 unspecified atom stereocenters. The largest absolute Gasteiger partial charge is 0.392 e. The molecule has 0 saturated carbocycles. The van der Waals surface area contributed by atoms with Crippen molar-refractivity contribution in [2.24, 2.45) is 0 Å². The van der Waals surface area contributed by atoms with Gasteiger partial charge in [-0.15, -0.1) is 0 Å². The number of aromatic nitrogens is 1. The third-order valence-electron chi connectivity index (χ3n) is 4.19. The van der Waals surface area contributed by atoms with Crippen LogP contribution in [0.3, 0.4) is 0 Å². The van der Waals surface area contributed by atoms with Crippen molar-refractivity contribution in [3.8, 4) is 0 Å². The Hall–Kier alpha value is -2.51. The third kappa shape index (κ3) is 4.06. The van der Waals surface area contributed by atoms with Crippen LogP contribution in [0.5, 0.6) is 0 Å². The fourth-order valence-electron chi connectivity index (χ4n) is 2.89. The highest BCUT2D eigenvalue weighted by molar-refractivity contribution is 5.41. The summed E-state index contributed by atoms with van der Waals surface area (Å²) in [6, 6.07) is 11.4. The van der Waals surface area contributed by atoms with Crippen molar-refractivity contribution in [3.05, 3.63) is 63.8 Å². The summed E-state index contributed by atoms with van der Waals surface area (Å²) in [5.74, 6) is 0.666. The van der Waals surface area contributed by atoms with Crippen molar-refractivity contribution < 1.29 is 10.0 Å². The van der Waals surface area contributed by atoms with Crippen LogP contribution in [-0.2, 0) is 13.2 Å². The highest BCUT2D eigenvalue weighted by atomic mass is 16.6. The number of benzene rings is 1. The van der Waals surface area contributed by atoms with Crippen LogP contribution in [0.4, 0.5) is 11.5 Å². The molecule has 3 rings (SSSR count). The highest BCUT2D eigenvalue weighted by Gasteiger charge is 2.22. The number of nitrogens with zero attached hydrogens (tertiary/aromatic N) is 3. The van der Waals surface area contributed by atoms with Gasteiger partial charge in [0.15, 0.2) is 0 Å². The second-order valence-corrected chi connectivity index (χ2v) is 6.00. The van der Waals surface area contributed by atoms with Crippen LogP contribution in [0.1, 0.15) is 17.5 Å². The number of rotatable bonds is 6. The minimum absolute atomic E-state index is 0.0000698. The normalized spacial score (nSPS) is 17.8. The molecule has 2 heterocycles. The molecule has 0 bridgehead atoms. The van der Waals surface area contributed by atoms with Gasteiger partial charge in [0.25, 0.3) is 5.69 Å². The second-order valence-electron chi connectivity index (χ2n) is 6.00. The Morgan fingerprint density at radius 3 is 2.62 bits per heavy atom. The van der Waals surface area contributed by atoms with E-state index in [1.165, 1.54) is 17.8 Å². The third-order valence-corrected chi connectivity index (χ3v) is 4.19. The number of aliphatic hydroxyl groups is 1. The molecule has 7 nitrogen and oxygen atoms in total. The zero-order valence-electron chi connectivity index (χ0n) is 13.3. The van der Waals surface area contributed by atoms with Gasteiger partial charge in [-0.05, 0) is 23.6 Å². The fourth-order valence-corrected chi connectivity index (χ4v) is 2.89. The highest BCUT2D eigenvalue weighted by Crippen LogP contribution is 2.18. The molecule has 0 aliphatic carbocycles. The van der Waals surface area contributed by atoms with Crippen molar-refractivity contribution in [3.63, 3.8) is 0 Å². The van der Waals surface area contributed by atoms with Gasteiger partial charge in [0.2, 0.25) is 0 Å². The SMILES string of the molecule is O=[N+]([O-])c1ccc(NC2CCN(Cc3ccc(CO)cc3)C2)nc1. The Morgan fingerprint density at radius 1 is 1.25 bits per heavy atom. The van der Waals surface area contributed by atoms with Crippen LogP contribution in [0.15, 0.2) is 42.6 Å². The van der Waals surface area contributed by atoms with E-state index in [9.17, 15) is 10.1 Å². The first-order chi connectivity index (χ1) is 11.6. The van der Waals surface area contributed by atoms with Crippen molar-refractivity contribution in [1.82, 2.24) is 9.88 Å². The Morgan fingerprint density at radius 2 is 2.00 bits per heavy atom. The smallest absolute Gasteiger partial charge is 0.287 e. The molecule has 2 N–H and O–H groups in total. The topological polar surface area (TPSA) is 91.5 Å². The number of nitrogens with one attached hydrogen (secondary N) is 1. The summed E-state index contributed by atoms with van der Waals surface area (Å²) in [5, 5.41) is 23.0. The number of hydrogen-bond donors (Lipinski definition) is 2. The number of nitro groups is 1. The van der Waals surface area contributed by atoms with E-state index in [-0.39, 0.29) is 18.3 Å². The van der Waals surface area contributed by atoms with E-state index in [1.54, 1.807) is 6.07 Å². The Balaban J connectivity index is 1.52. The minimum atomic E-state index is -0.448. The van der Waals surface area contributed by atoms with Gasteiger partial charge in [-0.2, -0.15) is 0 Å². The van der Waals surface area contributed by atoms with Gasteiger partial charge >= 0.3 is 0 Å². The standard InChI is InChI=1S/C17H20N4O3/c22-12-14-3-1-13(2-4-14)10-20-8-7-15(11-20)19-17-6-5-16(9-18-17)21(23)24/h1-6,9,15,22H,7-8,10-12H2,(H,18,19). The first-order valence-electron chi connectivity index (χ1n) is 7.92. The van der Waals surface area contributed by atoms with Gasteiger partial charge in [-0.25, -0.2) is 4.98 Å². The molecular weight excluding hydrogens is 308 g/mol. The van der Waals surface area contributed by atoms with E-state index in [0.29, 0.717) is 5.82 Å². The summed E-state index contributed by atoms with van der Waals surface area (Å²) in [6.07, 6.45) is 2.28. The summed E-state index contributed by atoms with van der Waals surface area (Å²) >= 11 is 0. The van der Waals surface area contributed by atoms with Crippen molar-refractivity contribution >= 4 is 11.5 Å². The molecule has 1 aliphatic heterocycles. The lowest BCUT2D eigenvalue weighted by Gasteiger charge is -2.17. The minimum Gasteiger partial charge on any atom is -0.392 e. The first-order valence-corrected chi connectivity index (χ1v) is 7.92. The maximum absolute atomic E-state index is 10.6. The van der Waals surface area contributed by atoms with E-state index in [0.717, 1.165) is 31.6 Å². The predicted octanol–water partition coefficient (Wildman–Crippen LogP) is 2.17. The van der Waals surface area contributed by atoms with E-state index in [2.05, 4.69) is 15.2 Å². The number of likely N-dealkylation sites (tertiary alicyclic amines) is 1. The Labute approximate surface area is 140 Å². The molecule has 1 aliphatic rings. The molecule has 126 valence electrons. The quantitative estimate of drug-likeness (QED) is 0.624. The van der Waals surface area contributed by atoms with Crippen LogP contribution in [-0.4, -0.2) is 39.0 Å². The first kappa shape index (κ1) is 16.4. The van der Waals surface area contributed by atoms with Crippen LogP contribution in [0.2, 0.25) is 0 Å². The molecular formula is C17H20N4O3. The molecule has 2 aromatic rings. The number of aliphatic hydroxyl groups excluding tert-OH is 1. The average Bonchev–Trinajstić information content (AvgIpc) is 3.03. The molecule has 24 heavy (non-hydrogen) atoms.